The van der Waals surface area contributed by atoms with Gasteiger partial charge >= 0.3 is 6.09 Å². The third kappa shape index (κ3) is 11.0. The van der Waals surface area contributed by atoms with Crippen molar-refractivity contribution in [2.24, 2.45) is 0 Å². The second-order valence-electron chi connectivity index (χ2n) is 7.34. The summed E-state index contributed by atoms with van der Waals surface area (Å²) < 4.78 is 11.5. The van der Waals surface area contributed by atoms with Gasteiger partial charge in [-0.3, -0.25) is 0 Å². The number of hydrogen-bond donors (Lipinski definition) is 0. The van der Waals surface area contributed by atoms with Gasteiger partial charge in [0.15, 0.2) is 0 Å². The molecule has 1 atom stereocenters. The molecule has 0 saturated heterocycles. The first-order chi connectivity index (χ1) is 10.7. The van der Waals surface area contributed by atoms with E-state index in [-0.39, 0.29) is 6.09 Å². The van der Waals surface area contributed by atoms with Crippen LogP contribution in [0.15, 0.2) is 0 Å². The van der Waals surface area contributed by atoms with Crippen molar-refractivity contribution in [3.05, 3.63) is 0 Å². The van der Waals surface area contributed by atoms with Crippen LogP contribution in [-0.4, -0.2) is 47.2 Å². The molecule has 1 amide bonds. The molecule has 0 rings (SSSR count). The Balaban J connectivity index is 4.41. The fourth-order valence-electron chi connectivity index (χ4n) is 2.19. The van der Waals surface area contributed by atoms with Crippen molar-refractivity contribution in [1.82, 2.24) is 4.90 Å². The highest BCUT2D eigenvalue weighted by atomic mass is 79.9. The number of rotatable bonds is 11. The number of unbranched alkanes of at least 4 members (excludes halogenated alkanes) is 4. The number of alkyl halides is 1. The molecule has 5 heteroatoms. The van der Waals surface area contributed by atoms with Gasteiger partial charge in [-0.1, -0.05) is 48.5 Å². The van der Waals surface area contributed by atoms with Crippen molar-refractivity contribution in [3.8, 4) is 0 Å². The maximum absolute atomic E-state index is 12.3. The molecule has 0 N–H and O–H groups in total. The molecule has 4 nitrogen and oxygen atoms in total. The smallest absolute Gasteiger partial charge is 0.410 e. The Kier molecular flexibility index (Phi) is 11.2. The molecule has 1 unspecified atom stereocenters. The van der Waals surface area contributed by atoms with Crippen molar-refractivity contribution in [3.63, 3.8) is 0 Å². The summed E-state index contributed by atoms with van der Waals surface area (Å²) in [7, 11) is 0. The van der Waals surface area contributed by atoms with E-state index < -0.39 is 11.2 Å². The summed E-state index contributed by atoms with van der Waals surface area (Å²) >= 11 is 3.53. The van der Waals surface area contributed by atoms with E-state index in [0.29, 0.717) is 18.4 Å². The highest BCUT2D eigenvalue weighted by Crippen LogP contribution is 2.19. The van der Waals surface area contributed by atoms with Crippen LogP contribution >= 0.6 is 15.9 Å². The van der Waals surface area contributed by atoms with Gasteiger partial charge in [0.25, 0.3) is 0 Å². The molecular formula is C18H36BrNO3. The third-order valence-electron chi connectivity index (χ3n) is 3.54. The Morgan fingerprint density at radius 2 is 1.65 bits per heavy atom. The lowest BCUT2D eigenvalue weighted by atomic mass is 10.1. The van der Waals surface area contributed by atoms with Gasteiger partial charge in [-0.15, -0.1) is 0 Å². The van der Waals surface area contributed by atoms with Gasteiger partial charge in [0.05, 0.1) is 12.1 Å². The first-order valence-electron chi connectivity index (χ1n) is 8.85. The van der Waals surface area contributed by atoms with Crippen LogP contribution in [0.2, 0.25) is 0 Å². The molecule has 23 heavy (non-hydrogen) atoms. The molecule has 138 valence electrons. The van der Waals surface area contributed by atoms with E-state index in [0.717, 1.165) is 13.0 Å². The number of ether oxygens (including phenoxy) is 2. The second-order valence-corrected chi connectivity index (χ2v) is 7.90. The average Bonchev–Trinajstić information content (AvgIpc) is 2.46. The van der Waals surface area contributed by atoms with E-state index >= 15 is 0 Å². The second kappa shape index (κ2) is 11.3. The molecule has 0 heterocycles. The van der Waals surface area contributed by atoms with Crippen LogP contribution < -0.4 is 0 Å². The van der Waals surface area contributed by atoms with Gasteiger partial charge in [0.2, 0.25) is 0 Å². The Labute approximate surface area is 151 Å². The van der Waals surface area contributed by atoms with E-state index in [1.165, 1.54) is 25.7 Å². The monoisotopic (exact) mass is 393 g/mol. The largest absolute Gasteiger partial charge is 0.444 e. The van der Waals surface area contributed by atoms with Crippen LogP contribution in [0.5, 0.6) is 0 Å². The first kappa shape index (κ1) is 22.7. The maximum atomic E-state index is 12.3. The SMILES string of the molecule is CCCCCCCOC(C)(CBr)CN(CC)C(=O)OC(C)(C)C. The van der Waals surface area contributed by atoms with Gasteiger partial charge in [0.1, 0.15) is 5.60 Å². The standard InChI is InChI=1S/C18H36BrNO3/c1-7-9-10-11-12-13-22-18(6,14-19)15-20(8-2)16(21)23-17(3,4)5/h7-15H2,1-6H3. The Bertz CT molecular complexity index is 331. The lowest BCUT2D eigenvalue weighted by Gasteiger charge is -2.35. The summed E-state index contributed by atoms with van der Waals surface area (Å²) in [6, 6.07) is 0. The highest BCUT2D eigenvalue weighted by Gasteiger charge is 2.30. The number of amides is 1. The Morgan fingerprint density at radius 1 is 1.04 bits per heavy atom. The zero-order valence-corrected chi connectivity index (χ0v) is 17.5. The summed E-state index contributed by atoms with van der Waals surface area (Å²) in [5.41, 5.74) is -0.868. The van der Waals surface area contributed by atoms with Crippen LogP contribution in [0.4, 0.5) is 4.79 Å². The van der Waals surface area contributed by atoms with E-state index in [4.69, 9.17) is 9.47 Å². The molecule has 0 aliphatic carbocycles. The van der Waals surface area contributed by atoms with Gasteiger partial charge in [-0.2, -0.15) is 0 Å². The van der Waals surface area contributed by atoms with Crippen molar-refractivity contribution >= 4 is 22.0 Å². The van der Waals surface area contributed by atoms with Gasteiger partial charge in [-0.05, 0) is 41.0 Å². The quantitative estimate of drug-likeness (QED) is 0.349. The van der Waals surface area contributed by atoms with Crippen LogP contribution in [0.1, 0.15) is 73.6 Å². The molecule has 0 aromatic carbocycles. The number of halogens is 1. The summed E-state index contributed by atoms with van der Waals surface area (Å²) in [6.07, 6.45) is 5.80. The lowest BCUT2D eigenvalue weighted by molar-refractivity contribution is -0.0434. The topological polar surface area (TPSA) is 38.8 Å². The minimum absolute atomic E-state index is 0.279. The fourth-order valence-corrected chi connectivity index (χ4v) is 2.53. The number of carbonyl (C=O) groups is 1. The molecule has 0 fully saturated rings. The predicted molar refractivity (Wildman–Crippen MR) is 100 cm³/mol. The summed E-state index contributed by atoms with van der Waals surface area (Å²) in [5.74, 6) is 0. The van der Waals surface area contributed by atoms with Gasteiger partial charge in [-0.25, -0.2) is 4.79 Å². The Morgan fingerprint density at radius 3 is 2.13 bits per heavy atom. The van der Waals surface area contributed by atoms with Gasteiger partial charge < -0.3 is 14.4 Å². The van der Waals surface area contributed by atoms with E-state index in [1.54, 1.807) is 4.90 Å². The summed E-state index contributed by atoms with van der Waals surface area (Å²) in [4.78, 5) is 14.0. The minimum atomic E-state index is -0.477. The molecule has 0 aromatic rings. The lowest BCUT2D eigenvalue weighted by Crippen LogP contribution is -2.48. The van der Waals surface area contributed by atoms with Crippen LogP contribution in [0, 0.1) is 0 Å². The van der Waals surface area contributed by atoms with E-state index in [1.807, 2.05) is 34.6 Å². The molecule has 0 aliphatic rings. The zero-order chi connectivity index (χ0) is 17.9. The first-order valence-corrected chi connectivity index (χ1v) is 9.97. The predicted octanol–water partition coefficient (Wildman–Crippen LogP) is 5.38. The van der Waals surface area contributed by atoms with Crippen molar-refractivity contribution < 1.29 is 14.3 Å². The van der Waals surface area contributed by atoms with Crippen molar-refractivity contribution in [2.45, 2.75) is 84.8 Å². The number of likely N-dealkylation sites (N-methyl/N-ethyl adjacent to an activating group) is 1. The van der Waals surface area contributed by atoms with Crippen LogP contribution in [0.25, 0.3) is 0 Å². The van der Waals surface area contributed by atoms with Crippen LogP contribution in [-0.2, 0) is 9.47 Å². The zero-order valence-electron chi connectivity index (χ0n) is 15.9. The molecule has 0 aromatic heterocycles. The average molecular weight is 394 g/mol. The minimum Gasteiger partial charge on any atom is -0.444 e. The molecule has 0 bridgehead atoms. The Hall–Kier alpha value is -0.290. The van der Waals surface area contributed by atoms with E-state index in [9.17, 15) is 4.79 Å². The molecule has 0 aliphatic heterocycles. The summed E-state index contributed by atoms with van der Waals surface area (Å²) in [6.45, 7) is 13.7. The number of carbonyl (C=O) groups excluding carboxylic acids is 1. The maximum Gasteiger partial charge on any atom is 0.410 e. The fraction of sp³-hybridized carbons (Fsp3) is 0.944. The highest BCUT2D eigenvalue weighted by molar-refractivity contribution is 9.09. The molecule has 0 radical (unpaired) electrons. The normalized spacial score (nSPS) is 14.4. The molecule has 0 saturated carbocycles. The van der Waals surface area contributed by atoms with Crippen LogP contribution in [0.3, 0.4) is 0 Å². The van der Waals surface area contributed by atoms with Crippen molar-refractivity contribution in [1.29, 1.82) is 0 Å². The van der Waals surface area contributed by atoms with E-state index in [2.05, 4.69) is 22.9 Å². The van der Waals surface area contributed by atoms with Gasteiger partial charge in [0, 0.05) is 18.5 Å². The number of hydrogen-bond acceptors (Lipinski definition) is 3. The number of nitrogens with zero attached hydrogens (tertiary/aromatic N) is 1. The third-order valence-corrected chi connectivity index (χ3v) is 4.73. The van der Waals surface area contributed by atoms with Crippen molar-refractivity contribution in [2.75, 3.05) is 25.0 Å². The molecular weight excluding hydrogens is 358 g/mol. The molecule has 0 spiro atoms. The summed E-state index contributed by atoms with van der Waals surface area (Å²) in [5, 5.41) is 0.689.